The van der Waals surface area contributed by atoms with E-state index in [2.05, 4.69) is 22.5 Å². The van der Waals surface area contributed by atoms with Crippen molar-refractivity contribution in [3.63, 3.8) is 0 Å². The maximum atomic E-state index is 12.6. The Balaban J connectivity index is 3.39. The molecule has 0 aliphatic rings. The van der Waals surface area contributed by atoms with Crippen LogP contribution in [0.25, 0.3) is 0 Å². The summed E-state index contributed by atoms with van der Waals surface area (Å²) in [6.45, 7) is 5.53. The van der Waals surface area contributed by atoms with E-state index in [-0.39, 0.29) is 31.1 Å². The number of benzene rings is 1. The second kappa shape index (κ2) is 7.33. The summed E-state index contributed by atoms with van der Waals surface area (Å²) in [6, 6.07) is 3.40. The maximum absolute atomic E-state index is 12.6. The number of aryl methyl sites for hydroxylation is 1. The van der Waals surface area contributed by atoms with Gasteiger partial charge in [0.1, 0.15) is 0 Å². The normalized spacial score (nSPS) is 11.8. The van der Waals surface area contributed by atoms with Crippen molar-refractivity contribution in [2.75, 3.05) is 19.7 Å². The van der Waals surface area contributed by atoms with E-state index in [1.165, 1.54) is 10.4 Å². The van der Waals surface area contributed by atoms with E-state index >= 15 is 0 Å². The summed E-state index contributed by atoms with van der Waals surface area (Å²) in [5, 5.41) is 9.03. The second-order valence-electron chi connectivity index (χ2n) is 4.30. The van der Waals surface area contributed by atoms with Gasteiger partial charge >= 0.3 is 0 Å². The number of halogens is 1. The minimum atomic E-state index is -3.71. The van der Waals surface area contributed by atoms with Gasteiger partial charge in [0.2, 0.25) is 10.0 Å². The van der Waals surface area contributed by atoms with Crippen LogP contribution in [0.1, 0.15) is 11.1 Å². The molecule has 0 aromatic heterocycles. The van der Waals surface area contributed by atoms with Gasteiger partial charge < -0.3 is 10.8 Å². The Hall–Kier alpha value is -0.730. The summed E-state index contributed by atoms with van der Waals surface area (Å²) in [5.74, 6) is 0. The third kappa shape index (κ3) is 3.67. The lowest BCUT2D eigenvalue weighted by atomic mass is 10.1. The average Bonchev–Trinajstić information content (AvgIpc) is 2.41. The first-order chi connectivity index (χ1) is 9.38. The van der Waals surface area contributed by atoms with Gasteiger partial charge in [-0.25, -0.2) is 8.42 Å². The number of nitrogens with zero attached hydrogens (tertiary/aromatic N) is 1. The molecule has 112 valence electrons. The van der Waals surface area contributed by atoms with Crippen molar-refractivity contribution in [2.24, 2.45) is 5.73 Å². The van der Waals surface area contributed by atoms with Gasteiger partial charge in [0.15, 0.2) is 0 Å². The summed E-state index contributed by atoms with van der Waals surface area (Å²) in [6.07, 6.45) is 1.49. The van der Waals surface area contributed by atoms with Crippen LogP contribution in [0, 0.1) is 6.92 Å². The molecule has 0 amide bonds. The molecule has 20 heavy (non-hydrogen) atoms. The molecule has 1 aromatic carbocycles. The number of sulfonamides is 1. The topological polar surface area (TPSA) is 83.6 Å². The van der Waals surface area contributed by atoms with Gasteiger partial charge in [0.05, 0.1) is 11.5 Å². The van der Waals surface area contributed by atoms with Crippen molar-refractivity contribution in [2.45, 2.75) is 18.4 Å². The molecule has 0 bridgehead atoms. The molecule has 0 atom stereocenters. The number of nitrogens with two attached hydrogens (primary N) is 1. The first kappa shape index (κ1) is 17.3. The molecule has 0 radical (unpaired) electrons. The molecule has 0 aliphatic heterocycles. The molecular formula is C13H19BrN2O3S. The lowest BCUT2D eigenvalue weighted by Crippen LogP contribution is -2.34. The number of aliphatic hydroxyl groups excluding tert-OH is 1. The van der Waals surface area contributed by atoms with Crippen LogP contribution in [0.2, 0.25) is 0 Å². The van der Waals surface area contributed by atoms with E-state index in [4.69, 9.17) is 10.8 Å². The predicted molar refractivity (Wildman–Crippen MR) is 82.8 cm³/mol. The lowest BCUT2D eigenvalue weighted by molar-refractivity contribution is 0.260. The van der Waals surface area contributed by atoms with E-state index < -0.39 is 10.0 Å². The Morgan fingerprint density at radius 3 is 2.65 bits per heavy atom. The molecular weight excluding hydrogens is 344 g/mol. The molecule has 7 heteroatoms. The molecule has 0 aliphatic carbocycles. The molecule has 0 heterocycles. The molecule has 0 saturated carbocycles. The molecule has 3 N–H and O–H groups in total. The molecule has 0 spiro atoms. The van der Waals surface area contributed by atoms with Crippen molar-refractivity contribution in [3.8, 4) is 0 Å². The van der Waals surface area contributed by atoms with Gasteiger partial charge in [-0.2, -0.15) is 4.31 Å². The van der Waals surface area contributed by atoms with Crippen LogP contribution in [0.15, 0.2) is 34.2 Å². The van der Waals surface area contributed by atoms with E-state index in [1.54, 1.807) is 6.07 Å². The standard InChI is InChI=1S/C13H19BrN2O3S/c1-3-4-16(5-6-17)20(18,19)12-8-11(9-15)7-10(2)13(12)14/h3,7-8,17H,1,4-6,9,15H2,2H3. The maximum Gasteiger partial charge on any atom is 0.244 e. The van der Waals surface area contributed by atoms with Crippen LogP contribution >= 0.6 is 15.9 Å². The Labute approximate surface area is 128 Å². The van der Waals surface area contributed by atoms with Crippen LogP contribution in [0.4, 0.5) is 0 Å². The van der Waals surface area contributed by atoms with E-state index in [9.17, 15) is 8.42 Å². The average molecular weight is 363 g/mol. The first-order valence-electron chi connectivity index (χ1n) is 6.09. The van der Waals surface area contributed by atoms with E-state index in [0.717, 1.165) is 11.1 Å². The zero-order chi connectivity index (χ0) is 15.3. The molecule has 0 saturated heterocycles. The monoisotopic (exact) mass is 362 g/mol. The summed E-state index contributed by atoms with van der Waals surface area (Å²) in [4.78, 5) is 0.160. The SMILES string of the molecule is C=CCN(CCO)S(=O)(=O)c1cc(CN)cc(C)c1Br. The highest BCUT2D eigenvalue weighted by Crippen LogP contribution is 2.29. The molecule has 0 unspecified atom stereocenters. The molecule has 5 nitrogen and oxygen atoms in total. The summed E-state index contributed by atoms with van der Waals surface area (Å²) in [5.41, 5.74) is 7.14. The minimum Gasteiger partial charge on any atom is -0.395 e. The van der Waals surface area contributed by atoms with E-state index in [1.807, 2.05) is 13.0 Å². The number of aliphatic hydroxyl groups is 1. The Morgan fingerprint density at radius 1 is 1.50 bits per heavy atom. The molecule has 0 fully saturated rings. The third-order valence-corrected chi connectivity index (χ3v) is 6.02. The van der Waals surface area contributed by atoms with Crippen molar-refractivity contribution >= 4 is 26.0 Å². The highest BCUT2D eigenvalue weighted by molar-refractivity contribution is 9.10. The smallest absolute Gasteiger partial charge is 0.244 e. The zero-order valence-corrected chi connectivity index (χ0v) is 13.7. The summed E-state index contributed by atoms with van der Waals surface area (Å²) >= 11 is 3.31. The zero-order valence-electron chi connectivity index (χ0n) is 11.3. The fourth-order valence-corrected chi connectivity index (χ4v) is 4.25. The highest BCUT2D eigenvalue weighted by Gasteiger charge is 2.26. The number of rotatable bonds is 7. The van der Waals surface area contributed by atoms with Gasteiger partial charge in [-0.3, -0.25) is 0 Å². The molecule has 1 aromatic rings. The Morgan fingerprint density at radius 2 is 2.15 bits per heavy atom. The first-order valence-corrected chi connectivity index (χ1v) is 8.32. The third-order valence-electron chi connectivity index (χ3n) is 2.82. The largest absolute Gasteiger partial charge is 0.395 e. The van der Waals surface area contributed by atoms with Crippen LogP contribution < -0.4 is 5.73 Å². The van der Waals surface area contributed by atoms with Gasteiger partial charge in [0, 0.05) is 24.1 Å². The van der Waals surface area contributed by atoms with Crippen LogP contribution in [0.5, 0.6) is 0 Å². The summed E-state index contributed by atoms with van der Waals surface area (Å²) < 4.78 is 27.0. The highest BCUT2D eigenvalue weighted by atomic mass is 79.9. The second-order valence-corrected chi connectivity index (χ2v) is 7.00. The van der Waals surface area contributed by atoms with Gasteiger partial charge in [0.25, 0.3) is 0 Å². The van der Waals surface area contributed by atoms with E-state index in [0.29, 0.717) is 4.47 Å². The minimum absolute atomic E-state index is 0.0205. The van der Waals surface area contributed by atoms with Crippen molar-refractivity contribution in [1.29, 1.82) is 0 Å². The van der Waals surface area contributed by atoms with Gasteiger partial charge in [-0.15, -0.1) is 6.58 Å². The molecule has 1 rings (SSSR count). The fraction of sp³-hybridized carbons (Fsp3) is 0.385. The van der Waals surface area contributed by atoms with Crippen molar-refractivity contribution in [3.05, 3.63) is 40.4 Å². The van der Waals surface area contributed by atoms with Crippen molar-refractivity contribution < 1.29 is 13.5 Å². The number of hydrogen-bond donors (Lipinski definition) is 2. The van der Waals surface area contributed by atoms with Gasteiger partial charge in [-0.05, 0) is 40.0 Å². The predicted octanol–water partition coefficient (Wildman–Crippen LogP) is 1.39. The Bertz CT molecular complexity index is 588. The Kier molecular flexibility index (Phi) is 6.35. The summed E-state index contributed by atoms with van der Waals surface area (Å²) in [7, 11) is -3.71. The quantitative estimate of drug-likeness (QED) is 0.717. The van der Waals surface area contributed by atoms with Crippen LogP contribution in [0.3, 0.4) is 0 Å². The van der Waals surface area contributed by atoms with Gasteiger partial charge in [-0.1, -0.05) is 12.1 Å². The lowest BCUT2D eigenvalue weighted by Gasteiger charge is -2.21. The fourth-order valence-electron chi connectivity index (χ4n) is 1.82. The number of hydrogen-bond acceptors (Lipinski definition) is 4. The van der Waals surface area contributed by atoms with Crippen LogP contribution in [-0.4, -0.2) is 37.5 Å². The van der Waals surface area contributed by atoms with Crippen molar-refractivity contribution in [1.82, 2.24) is 4.31 Å². The van der Waals surface area contributed by atoms with Crippen LogP contribution in [-0.2, 0) is 16.6 Å².